The van der Waals surface area contributed by atoms with Crippen LogP contribution in [0.4, 0.5) is 20.2 Å². The van der Waals surface area contributed by atoms with Crippen LogP contribution in [0.5, 0.6) is 0 Å². The number of hydrogen-bond donors (Lipinski definition) is 1. The molecule has 112 valence electrons. The molecular formula is C17H20F2N2. The van der Waals surface area contributed by atoms with Gasteiger partial charge in [-0.25, -0.2) is 8.78 Å². The lowest BCUT2D eigenvalue weighted by Gasteiger charge is -2.24. The molecule has 0 amide bonds. The van der Waals surface area contributed by atoms with Crippen LogP contribution in [0.2, 0.25) is 0 Å². The molecular weight excluding hydrogens is 270 g/mol. The molecule has 0 bridgehead atoms. The number of halogens is 2. The zero-order valence-corrected chi connectivity index (χ0v) is 12.4. The first-order chi connectivity index (χ1) is 10.1. The molecule has 0 saturated heterocycles. The lowest BCUT2D eigenvalue weighted by molar-refractivity contribution is 0.621. The second-order valence-corrected chi connectivity index (χ2v) is 4.82. The van der Waals surface area contributed by atoms with Gasteiger partial charge in [-0.1, -0.05) is 6.92 Å². The molecule has 0 spiro atoms. The van der Waals surface area contributed by atoms with Crippen molar-refractivity contribution in [1.29, 1.82) is 0 Å². The Morgan fingerprint density at radius 2 is 1.62 bits per heavy atom. The van der Waals surface area contributed by atoms with Crippen LogP contribution in [-0.4, -0.2) is 13.1 Å². The monoisotopic (exact) mass is 290 g/mol. The van der Waals surface area contributed by atoms with Gasteiger partial charge in [-0.2, -0.15) is 0 Å². The first kappa shape index (κ1) is 15.4. The summed E-state index contributed by atoms with van der Waals surface area (Å²) in [6.45, 7) is 6.13. The van der Waals surface area contributed by atoms with Gasteiger partial charge in [0.15, 0.2) is 0 Å². The van der Waals surface area contributed by atoms with Crippen molar-refractivity contribution >= 4 is 11.4 Å². The number of hydrogen-bond acceptors (Lipinski definition) is 2. The Morgan fingerprint density at radius 3 is 2.24 bits per heavy atom. The Balaban J connectivity index is 2.32. The van der Waals surface area contributed by atoms with E-state index < -0.39 is 0 Å². The number of benzene rings is 2. The first-order valence-electron chi connectivity index (χ1n) is 7.17. The van der Waals surface area contributed by atoms with Crippen LogP contribution in [0.1, 0.15) is 19.4 Å². The Labute approximate surface area is 124 Å². The summed E-state index contributed by atoms with van der Waals surface area (Å²) < 4.78 is 26.9. The van der Waals surface area contributed by atoms with Gasteiger partial charge < -0.3 is 10.2 Å². The fourth-order valence-electron chi connectivity index (χ4n) is 2.30. The third-order valence-electron chi connectivity index (χ3n) is 3.29. The van der Waals surface area contributed by atoms with E-state index >= 15 is 0 Å². The van der Waals surface area contributed by atoms with Gasteiger partial charge in [-0.05, 0) is 61.5 Å². The van der Waals surface area contributed by atoms with Gasteiger partial charge in [-0.15, -0.1) is 0 Å². The average Bonchev–Trinajstić information content (AvgIpc) is 2.47. The Kier molecular flexibility index (Phi) is 5.28. The quantitative estimate of drug-likeness (QED) is 0.856. The van der Waals surface area contributed by atoms with Crippen molar-refractivity contribution in [3.05, 3.63) is 59.7 Å². The highest BCUT2D eigenvalue weighted by molar-refractivity contribution is 5.63. The van der Waals surface area contributed by atoms with E-state index in [1.165, 1.54) is 24.3 Å². The van der Waals surface area contributed by atoms with E-state index in [0.29, 0.717) is 13.1 Å². The maximum absolute atomic E-state index is 13.8. The predicted molar refractivity (Wildman–Crippen MR) is 82.9 cm³/mol. The molecule has 2 rings (SSSR count). The Hall–Kier alpha value is -1.94. The molecule has 2 nitrogen and oxygen atoms in total. The van der Waals surface area contributed by atoms with Crippen molar-refractivity contribution in [3.63, 3.8) is 0 Å². The Morgan fingerprint density at radius 1 is 0.905 bits per heavy atom. The molecule has 2 aromatic rings. The molecule has 0 atom stereocenters. The van der Waals surface area contributed by atoms with Crippen LogP contribution in [0.25, 0.3) is 0 Å². The molecule has 0 aromatic heterocycles. The molecule has 0 heterocycles. The molecule has 0 unspecified atom stereocenters. The second-order valence-electron chi connectivity index (χ2n) is 4.82. The average molecular weight is 290 g/mol. The summed E-state index contributed by atoms with van der Waals surface area (Å²) in [7, 11) is 0. The number of nitrogens with one attached hydrogen (secondary N) is 1. The second kappa shape index (κ2) is 7.18. The van der Waals surface area contributed by atoms with Crippen LogP contribution in [0.3, 0.4) is 0 Å². The fraction of sp³-hybridized carbons (Fsp3) is 0.294. The third-order valence-corrected chi connectivity index (χ3v) is 3.29. The maximum Gasteiger partial charge on any atom is 0.125 e. The molecule has 0 aliphatic carbocycles. The maximum atomic E-state index is 13.8. The van der Waals surface area contributed by atoms with Crippen molar-refractivity contribution in [2.75, 3.05) is 18.0 Å². The summed E-state index contributed by atoms with van der Waals surface area (Å²) in [5, 5.41) is 3.19. The summed E-state index contributed by atoms with van der Waals surface area (Å²) in [5.41, 5.74) is 2.52. The molecule has 0 aliphatic rings. The van der Waals surface area contributed by atoms with Crippen molar-refractivity contribution in [2.45, 2.75) is 20.4 Å². The van der Waals surface area contributed by atoms with Crippen molar-refractivity contribution in [3.8, 4) is 0 Å². The van der Waals surface area contributed by atoms with Gasteiger partial charge in [0.2, 0.25) is 0 Å². The minimum Gasteiger partial charge on any atom is -0.342 e. The summed E-state index contributed by atoms with van der Waals surface area (Å²) in [6, 6.07) is 11.2. The summed E-state index contributed by atoms with van der Waals surface area (Å²) in [4.78, 5) is 1.96. The molecule has 21 heavy (non-hydrogen) atoms. The zero-order chi connectivity index (χ0) is 15.2. The molecule has 0 fully saturated rings. The van der Waals surface area contributed by atoms with E-state index in [0.717, 1.165) is 23.5 Å². The van der Waals surface area contributed by atoms with Gasteiger partial charge in [0.1, 0.15) is 11.6 Å². The highest BCUT2D eigenvalue weighted by Gasteiger charge is 2.10. The van der Waals surface area contributed by atoms with Crippen molar-refractivity contribution in [1.82, 2.24) is 5.32 Å². The molecule has 1 N–H and O–H groups in total. The van der Waals surface area contributed by atoms with Crippen LogP contribution < -0.4 is 10.2 Å². The topological polar surface area (TPSA) is 15.3 Å². The number of nitrogens with zero attached hydrogens (tertiary/aromatic N) is 1. The molecule has 2 aromatic carbocycles. The van der Waals surface area contributed by atoms with Crippen molar-refractivity contribution in [2.24, 2.45) is 0 Å². The molecule has 0 saturated carbocycles. The highest BCUT2D eigenvalue weighted by atomic mass is 19.1. The van der Waals surface area contributed by atoms with Gasteiger partial charge >= 0.3 is 0 Å². The lowest BCUT2D eigenvalue weighted by Crippen LogP contribution is -2.17. The largest absolute Gasteiger partial charge is 0.342 e. The van der Waals surface area contributed by atoms with E-state index in [1.54, 1.807) is 12.1 Å². The minimum atomic E-state index is -0.276. The third kappa shape index (κ3) is 4.02. The van der Waals surface area contributed by atoms with Gasteiger partial charge in [-0.3, -0.25) is 0 Å². The summed E-state index contributed by atoms with van der Waals surface area (Å²) in [5.74, 6) is -0.539. The fourth-order valence-corrected chi connectivity index (χ4v) is 2.30. The molecule has 0 aliphatic heterocycles. The number of rotatable bonds is 6. The van der Waals surface area contributed by atoms with E-state index in [1.807, 2.05) is 24.8 Å². The Bertz CT molecular complexity index is 582. The lowest BCUT2D eigenvalue weighted by atomic mass is 10.1. The van der Waals surface area contributed by atoms with Gasteiger partial charge in [0, 0.05) is 24.5 Å². The smallest absolute Gasteiger partial charge is 0.125 e. The summed E-state index contributed by atoms with van der Waals surface area (Å²) in [6.07, 6.45) is 0. The van der Waals surface area contributed by atoms with E-state index in [4.69, 9.17) is 0 Å². The van der Waals surface area contributed by atoms with Gasteiger partial charge in [0.25, 0.3) is 0 Å². The zero-order valence-electron chi connectivity index (χ0n) is 12.4. The van der Waals surface area contributed by atoms with Crippen LogP contribution in [0.15, 0.2) is 42.5 Å². The molecule has 0 radical (unpaired) electrons. The highest BCUT2D eigenvalue weighted by Crippen LogP contribution is 2.27. The van der Waals surface area contributed by atoms with E-state index in [2.05, 4.69) is 5.32 Å². The first-order valence-corrected chi connectivity index (χ1v) is 7.17. The minimum absolute atomic E-state index is 0.263. The van der Waals surface area contributed by atoms with Gasteiger partial charge in [0.05, 0.1) is 0 Å². The van der Waals surface area contributed by atoms with Crippen LogP contribution in [-0.2, 0) is 6.54 Å². The van der Waals surface area contributed by atoms with E-state index in [9.17, 15) is 8.78 Å². The molecule has 4 heteroatoms. The van der Waals surface area contributed by atoms with Crippen LogP contribution >= 0.6 is 0 Å². The number of anilines is 2. The van der Waals surface area contributed by atoms with Crippen molar-refractivity contribution < 1.29 is 8.78 Å². The predicted octanol–water partition coefficient (Wildman–Crippen LogP) is 4.23. The van der Waals surface area contributed by atoms with Crippen LogP contribution in [0, 0.1) is 11.6 Å². The normalized spacial score (nSPS) is 10.7. The van der Waals surface area contributed by atoms with E-state index in [-0.39, 0.29) is 11.6 Å². The SMILES string of the molecule is CCNCc1cc(F)cc(N(CC)c2ccc(F)cc2)c1. The standard InChI is InChI=1S/C17H20F2N2/c1-3-20-12-13-9-15(19)11-17(10-13)21(4-2)16-7-5-14(18)6-8-16/h5-11,20H,3-4,12H2,1-2H3. The summed E-state index contributed by atoms with van der Waals surface area (Å²) >= 11 is 0.